The molecule has 0 saturated heterocycles. The molecule has 1 N–H and O–H groups in total. The van der Waals surface area contributed by atoms with E-state index in [-0.39, 0.29) is 17.5 Å². The maximum absolute atomic E-state index is 12.3. The number of phenols is 1. The topological polar surface area (TPSA) is 37.3 Å². The number of hydrogen-bond donors (Lipinski definition) is 1. The second-order valence-electron chi connectivity index (χ2n) is 4.82. The van der Waals surface area contributed by atoms with E-state index >= 15 is 0 Å². The molecule has 0 heterocycles. The van der Waals surface area contributed by atoms with Gasteiger partial charge in [-0.2, -0.15) is 0 Å². The summed E-state index contributed by atoms with van der Waals surface area (Å²) in [4.78, 5) is 12.3. The number of benzene rings is 1. The highest BCUT2D eigenvalue weighted by Crippen LogP contribution is 2.32. The number of halogens is 1. The van der Waals surface area contributed by atoms with E-state index in [2.05, 4.69) is 0 Å². The lowest BCUT2D eigenvalue weighted by Gasteiger charge is -2.20. The number of carbonyl (C=O) groups is 1. The Morgan fingerprint density at radius 3 is 2.59 bits per heavy atom. The zero-order chi connectivity index (χ0) is 12.4. The largest absolute Gasteiger partial charge is 0.507 e. The number of phenolic OH excluding ortho intramolecular Hbond substituents is 1. The van der Waals surface area contributed by atoms with Crippen LogP contribution in [0, 0.1) is 12.8 Å². The molecule has 1 aromatic carbocycles. The maximum atomic E-state index is 12.3. The van der Waals surface area contributed by atoms with Crippen LogP contribution in [0.3, 0.4) is 0 Å². The number of Topliss-reactive ketones (excluding diaryl/α,β-unsaturated/α-hetero) is 1. The predicted octanol–water partition coefficient (Wildman–Crippen LogP) is 4.12. The average molecular weight is 253 g/mol. The van der Waals surface area contributed by atoms with E-state index in [4.69, 9.17) is 11.6 Å². The molecule has 1 aromatic rings. The molecule has 2 rings (SSSR count). The first-order chi connectivity index (χ1) is 8.09. The first-order valence-corrected chi connectivity index (χ1v) is 6.50. The van der Waals surface area contributed by atoms with Gasteiger partial charge in [-0.3, -0.25) is 4.79 Å². The highest BCUT2D eigenvalue weighted by molar-refractivity contribution is 6.31. The molecule has 0 atom stereocenters. The zero-order valence-corrected chi connectivity index (χ0v) is 10.8. The van der Waals surface area contributed by atoms with E-state index in [0.29, 0.717) is 10.6 Å². The fraction of sp³-hybridized carbons (Fsp3) is 0.500. The summed E-state index contributed by atoms with van der Waals surface area (Å²) in [6, 6.07) is 3.17. The molecule has 0 radical (unpaired) electrons. The molecule has 1 fully saturated rings. The van der Waals surface area contributed by atoms with Gasteiger partial charge in [-0.25, -0.2) is 0 Å². The van der Waals surface area contributed by atoms with Gasteiger partial charge >= 0.3 is 0 Å². The number of aryl methyl sites for hydroxylation is 1. The lowest BCUT2D eigenvalue weighted by Crippen LogP contribution is -2.18. The summed E-state index contributed by atoms with van der Waals surface area (Å²) in [7, 11) is 0. The van der Waals surface area contributed by atoms with Gasteiger partial charge in [0.15, 0.2) is 5.78 Å². The lowest BCUT2D eigenvalue weighted by molar-refractivity contribution is 0.0887. The Morgan fingerprint density at radius 2 is 1.94 bits per heavy atom. The Hall–Kier alpha value is -1.02. The highest BCUT2D eigenvalue weighted by atomic mass is 35.5. The van der Waals surface area contributed by atoms with Gasteiger partial charge < -0.3 is 5.11 Å². The van der Waals surface area contributed by atoms with Crippen LogP contribution >= 0.6 is 11.6 Å². The number of carbonyl (C=O) groups excluding carboxylic acids is 1. The molecule has 1 saturated carbocycles. The third-order valence-electron chi connectivity index (χ3n) is 3.52. The Kier molecular flexibility index (Phi) is 3.72. The summed E-state index contributed by atoms with van der Waals surface area (Å²) < 4.78 is 0. The number of rotatable bonds is 2. The van der Waals surface area contributed by atoms with Crippen molar-refractivity contribution in [1.82, 2.24) is 0 Å². The SMILES string of the molecule is Cc1cc(O)c(C(=O)C2CCCCC2)cc1Cl. The summed E-state index contributed by atoms with van der Waals surface area (Å²) in [5, 5.41) is 10.4. The van der Waals surface area contributed by atoms with Crippen molar-refractivity contribution in [2.75, 3.05) is 0 Å². The molecule has 0 bridgehead atoms. The Morgan fingerprint density at radius 1 is 1.29 bits per heavy atom. The van der Waals surface area contributed by atoms with Crippen LogP contribution in [0.15, 0.2) is 12.1 Å². The van der Waals surface area contributed by atoms with Crippen LogP contribution in [0.25, 0.3) is 0 Å². The lowest BCUT2D eigenvalue weighted by atomic mass is 9.83. The zero-order valence-electron chi connectivity index (χ0n) is 10.0. The van der Waals surface area contributed by atoms with Crippen molar-refractivity contribution in [1.29, 1.82) is 0 Å². The molecule has 92 valence electrons. The van der Waals surface area contributed by atoms with Crippen molar-refractivity contribution < 1.29 is 9.90 Å². The Bertz CT molecular complexity index is 434. The molecule has 2 nitrogen and oxygen atoms in total. The van der Waals surface area contributed by atoms with E-state index in [1.807, 2.05) is 6.92 Å². The average Bonchev–Trinajstić information content (AvgIpc) is 2.34. The summed E-state index contributed by atoms with van der Waals surface area (Å²) in [6.07, 6.45) is 5.30. The van der Waals surface area contributed by atoms with E-state index < -0.39 is 0 Å². The first kappa shape index (κ1) is 12.4. The molecule has 0 spiro atoms. The van der Waals surface area contributed by atoms with Crippen molar-refractivity contribution >= 4 is 17.4 Å². The van der Waals surface area contributed by atoms with E-state index in [1.54, 1.807) is 12.1 Å². The standard InChI is InChI=1S/C14H17ClO2/c1-9-7-13(16)11(8-12(9)15)14(17)10-5-3-2-4-6-10/h7-8,10,16H,2-6H2,1H3. The molecule has 0 aromatic heterocycles. The van der Waals surface area contributed by atoms with E-state index in [1.165, 1.54) is 6.42 Å². The molecule has 1 aliphatic carbocycles. The molecule has 0 aliphatic heterocycles. The quantitative estimate of drug-likeness (QED) is 0.804. The minimum Gasteiger partial charge on any atom is -0.507 e. The van der Waals surface area contributed by atoms with Crippen molar-refractivity contribution in [3.63, 3.8) is 0 Å². The second kappa shape index (κ2) is 5.09. The van der Waals surface area contributed by atoms with Crippen LogP contribution in [0.5, 0.6) is 5.75 Å². The third kappa shape index (κ3) is 2.63. The third-order valence-corrected chi connectivity index (χ3v) is 3.93. The van der Waals surface area contributed by atoms with Crippen LogP contribution < -0.4 is 0 Å². The highest BCUT2D eigenvalue weighted by Gasteiger charge is 2.24. The maximum Gasteiger partial charge on any atom is 0.169 e. The van der Waals surface area contributed by atoms with Gasteiger partial charge in [0.1, 0.15) is 5.75 Å². The Labute approximate surface area is 107 Å². The number of ketones is 1. The van der Waals surface area contributed by atoms with Crippen LogP contribution in [0.1, 0.15) is 48.0 Å². The van der Waals surface area contributed by atoms with Gasteiger partial charge in [0.2, 0.25) is 0 Å². The van der Waals surface area contributed by atoms with Crippen LogP contribution in [0.2, 0.25) is 5.02 Å². The molecule has 0 unspecified atom stereocenters. The molecule has 0 amide bonds. The summed E-state index contributed by atoms with van der Waals surface area (Å²) in [6.45, 7) is 1.82. The predicted molar refractivity (Wildman–Crippen MR) is 68.8 cm³/mol. The van der Waals surface area contributed by atoms with Crippen LogP contribution in [-0.4, -0.2) is 10.9 Å². The number of aromatic hydroxyl groups is 1. The van der Waals surface area contributed by atoms with Gasteiger partial charge in [0.05, 0.1) is 5.56 Å². The van der Waals surface area contributed by atoms with Crippen molar-refractivity contribution in [3.8, 4) is 5.75 Å². The molecule has 3 heteroatoms. The minimum atomic E-state index is 0.0455. The van der Waals surface area contributed by atoms with Gasteiger partial charge in [-0.05, 0) is 37.5 Å². The molecular formula is C14H17ClO2. The fourth-order valence-corrected chi connectivity index (χ4v) is 2.61. The van der Waals surface area contributed by atoms with Crippen molar-refractivity contribution in [2.24, 2.45) is 5.92 Å². The second-order valence-corrected chi connectivity index (χ2v) is 5.22. The van der Waals surface area contributed by atoms with Crippen LogP contribution in [0.4, 0.5) is 0 Å². The van der Waals surface area contributed by atoms with Gasteiger partial charge in [-0.1, -0.05) is 30.9 Å². The van der Waals surface area contributed by atoms with Gasteiger partial charge in [-0.15, -0.1) is 0 Å². The van der Waals surface area contributed by atoms with Gasteiger partial charge in [0.25, 0.3) is 0 Å². The molecule has 17 heavy (non-hydrogen) atoms. The number of hydrogen-bond acceptors (Lipinski definition) is 2. The van der Waals surface area contributed by atoms with Gasteiger partial charge in [0, 0.05) is 10.9 Å². The van der Waals surface area contributed by atoms with E-state index in [9.17, 15) is 9.90 Å². The van der Waals surface area contributed by atoms with E-state index in [0.717, 1.165) is 31.2 Å². The molecule has 1 aliphatic rings. The smallest absolute Gasteiger partial charge is 0.169 e. The molecular weight excluding hydrogens is 236 g/mol. The first-order valence-electron chi connectivity index (χ1n) is 6.13. The normalized spacial score (nSPS) is 17.1. The summed E-state index contributed by atoms with van der Waals surface area (Å²) in [5.41, 5.74) is 1.18. The van der Waals surface area contributed by atoms with Crippen molar-refractivity contribution in [2.45, 2.75) is 39.0 Å². The Balaban J connectivity index is 2.26. The minimum absolute atomic E-state index is 0.0455. The fourth-order valence-electron chi connectivity index (χ4n) is 2.45. The summed E-state index contributed by atoms with van der Waals surface area (Å²) >= 11 is 6.01. The van der Waals surface area contributed by atoms with Crippen LogP contribution in [-0.2, 0) is 0 Å². The monoisotopic (exact) mass is 252 g/mol. The summed E-state index contributed by atoms with van der Waals surface area (Å²) in [5.74, 6) is 0.167. The van der Waals surface area contributed by atoms with Crippen molar-refractivity contribution in [3.05, 3.63) is 28.3 Å².